The van der Waals surface area contributed by atoms with Crippen molar-refractivity contribution < 1.29 is 13.3 Å². The van der Waals surface area contributed by atoms with Crippen molar-refractivity contribution in [2.75, 3.05) is 0 Å². The van der Waals surface area contributed by atoms with E-state index < -0.39 is 18.7 Å². The molecule has 0 bridgehead atoms. The van der Waals surface area contributed by atoms with Gasteiger partial charge in [-0.05, 0) is 12.5 Å². The topological polar surface area (TPSA) is 48.0 Å². The molecule has 0 fully saturated rings. The second-order valence-corrected chi connectivity index (χ2v) is 3.59. The SMILES string of the molecule is Cc1ccccc1-c1noc(=O)n1CC(F)F. The van der Waals surface area contributed by atoms with E-state index in [4.69, 9.17) is 0 Å². The van der Waals surface area contributed by atoms with Gasteiger partial charge in [0.05, 0.1) is 6.54 Å². The number of benzene rings is 1. The lowest BCUT2D eigenvalue weighted by Gasteiger charge is -2.05. The fraction of sp³-hybridized carbons (Fsp3) is 0.273. The molecule has 0 N–H and O–H groups in total. The molecule has 2 rings (SSSR count). The molecule has 0 aliphatic heterocycles. The van der Waals surface area contributed by atoms with Crippen molar-refractivity contribution in [3.05, 3.63) is 40.4 Å². The summed E-state index contributed by atoms with van der Waals surface area (Å²) >= 11 is 0. The monoisotopic (exact) mass is 240 g/mol. The molecule has 0 radical (unpaired) electrons. The second-order valence-electron chi connectivity index (χ2n) is 3.59. The molecule has 2 aromatic rings. The fourth-order valence-electron chi connectivity index (χ4n) is 1.58. The number of hydrogen-bond acceptors (Lipinski definition) is 3. The molecule has 90 valence electrons. The highest BCUT2D eigenvalue weighted by molar-refractivity contribution is 5.59. The molecule has 0 saturated heterocycles. The van der Waals surface area contributed by atoms with E-state index in [0.717, 1.165) is 10.1 Å². The zero-order chi connectivity index (χ0) is 12.4. The number of nitrogens with zero attached hydrogens (tertiary/aromatic N) is 2. The molecule has 1 aromatic heterocycles. The Morgan fingerprint density at radius 1 is 1.41 bits per heavy atom. The van der Waals surface area contributed by atoms with Gasteiger partial charge in [0.15, 0.2) is 5.82 Å². The van der Waals surface area contributed by atoms with Crippen molar-refractivity contribution in [1.82, 2.24) is 9.72 Å². The smallest absolute Gasteiger partial charge is 0.295 e. The number of aromatic nitrogens is 2. The van der Waals surface area contributed by atoms with E-state index >= 15 is 0 Å². The van der Waals surface area contributed by atoms with Gasteiger partial charge in [-0.1, -0.05) is 29.4 Å². The van der Waals surface area contributed by atoms with Crippen molar-refractivity contribution in [2.24, 2.45) is 0 Å². The number of alkyl halides is 2. The highest BCUT2D eigenvalue weighted by atomic mass is 19.3. The summed E-state index contributed by atoms with van der Waals surface area (Å²) in [5.41, 5.74) is 1.45. The molecular formula is C11H10F2N2O2. The quantitative estimate of drug-likeness (QED) is 0.825. The number of aryl methyl sites for hydroxylation is 1. The van der Waals surface area contributed by atoms with Gasteiger partial charge in [-0.3, -0.25) is 9.09 Å². The van der Waals surface area contributed by atoms with Gasteiger partial charge in [0.2, 0.25) is 0 Å². The fourth-order valence-corrected chi connectivity index (χ4v) is 1.58. The third-order valence-corrected chi connectivity index (χ3v) is 2.39. The lowest BCUT2D eigenvalue weighted by atomic mass is 10.1. The Bertz CT molecular complexity index is 575. The minimum Gasteiger partial charge on any atom is -0.295 e. The van der Waals surface area contributed by atoms with Crippen LogP contribution in [0, 0.1) is 6.92 Å². The Morgan fingerprint density at radius 2 is 2.12 bits per heavy atom. The Morgan fingerprint density at radius 3 is 2.76 bits per heavy atom. The summed E-state index contributed by atoms with van der Waals surface area (Å²) < 4.78 is 30.0. The van der Waals surface area contributed by atoms with E-state index in [9.17, 15) is 13.6 Å². The highest BCUT2D eigenvalue weighted by Crippen LogP contribution is 2.20. The summed E-state index contributed by atoms with van der Waals surface area (Å²) in [4.78, 5) is 11.3. The molecule has 1 heterocycles. The molecule has 0 unspecified atom stereocenters. The van der Waals surface area contributed by atoms with Gasteiger partial charge >= 0.3 is 5.76 Å². The van der Waals surface area contributed by atoms with Crippen LogP contribution in [0.25, 0.3) is 11.4 Å². The van der Waals surface area contributed by atoms with Crippen LogP contribution in [0.15, 0.2) is 33.6 Å². The molecule has 1 aromatic carbocycles. The molecule has 0 aliphatic rings. The van der Waals surface area contributed by atoms with Gasteiger partial charge in [-0.15, -0.1) is 0 Å². The van der Waals surface area contributed by atoms with Crippen LogP contribution in [-0.2, 0) is 6.54 Å². The molecule has 4 nitrogen and oxygen atoms in total. The van der Waals surface area contributed by atoms with Crippen molar-refractivity contribution in [3.8, 4) is 11.4 Å². The molecule has 0 spiro atoms. The maximum atomic E-state index is 12.3. The van der Waals surface area contributed by atoms with Crippen LogP contribution in [0.3, 0.4) is 0 Å². The molecule has 0 saturated carbocycles. The van der Waals surface area contributed by atoms with Crippen molar-refractivity contribution in [2.45, 2.75) is 19.9 Å². The largest absolute Gasteiger partial charge is 0.442 e. The number of halogens is 2. The Kier molecular flexibility index (Phi) is 3.03. The highest BCUT2D eigenvalue weighted by Gasteiger charge is 2.17. The van der Waals surface area contributed by atoms with Gasteiger partial charge in [0.1, 0.15) is 0 Å². The average Bonchev–Trinajstić information content (AvgIpc) is 2.61. The standard InChI is InChI=1S/C11H10F2N2O2/c1-7-4-2-3-5-8(7)10-14-17-11(16)15(10)6-9(12)13/h2-5,9H,6H2,1H3. The first-order chi connectivity index (χ1) is 8.09. The Labute approximate surface area is 95.5 Å². The zero-order valence-corrected chi connectivity index (χ0v) is 9.06. The Hall–Kier alpha value is -1.98. The molecule has 0 aliphatic carbocycles. The second kappa shape index (κ2) is 4.48. The van der Waals surface area contributed by atoms with Gasteiger partial charge < -0.3 is 0 Å². The molecule has 17 heavy (non-hydrogen) atoms. The first-order valence-corrected chi connectivity index (χ1v) is 5.00. The summed E-state index contributed by atoms with van der Waals surface area (Å²) in [6.45, 7) is 1.09. The summed E-state index contributed by atoms with van der Waals surface area (Å²) in [5.74, 6) is -0.739. The average molecular weight is 240 g/mol. The summed E-state index contributed by atoms with van der Waals surface area (Å²) in [7, 11) is 0. The third kappa shape index (κ3) is 2.25. The molecule has 6 heteroatoms. The summed E-state index contributed by atoms with van der Waals surface area (Å²) in [6, 6.07) is 7.07. The van der Waals surface area contributed by atoms with Crippen LogP contribution < -0.4 is 5.76 Å². The predicted molar refractivity (Wildman–Crippen MR) is 56.9 cm³/mol. The number of hydrogen-bond donors (Lipinski definition) is 0. The first-order valence-electron chi connectivity index (χ1n) is 5.00. The normalized spacial score (nSPS) is 11.1. The van der Waals surface area contributed by atoms with Crippen LogP contribution in [0.5, 0.6) is 0 Å². The zero-order valence-electron chi connectivity index (χ0n) is 9.06. The van der Waals surface area contributed by atoms with Gasteiger partial charge in [-0.25, -0.2) is 13.6 Å². The van der Waals surface area contributed by atoms with Gasteiger partial charge in [0.25, 0.3) is 6.43 Å². The van der Waals surface area contributed by atoms with Crippen LogP contribution in [0.4, 0.5) is 8.78 Å². The van der Waals surface area contributed by atoms with Crippen molar-refractivity contribution in [1.29, 1.82) is 0 Å². The van der Waals surface area contributed by atoms with Crippen molar-refractivity contribution >= 4 is 0 Å². The molecule has 0 amide bonds. The van der Waals surface area contributed by atoms with Crippen LogP contribution in [0.1, 0.15) is 5.56 Å². The minimum absolute atomic E-state index is 0.133. The van der Waals surface area contributed by atoms with E-state index in [1.54, 1.807) is 25.1 Å². The van der Waals surface area contributed by atoms with E-state index in [2.05, 4.69) is 9.68 Å². The van der Waals surface area contributed by atoms with Crippen molar-refractivity contribution in [3.63, 3.8) is 0 Å². The maximum Gasteiger partial charge on any atom is 0.442 e. The lowest BCUT2D eigenvalue weighted by Crippen LogP contribution is -2.19. The van der Waals surface area contributed by atoms with E-state index in [1.165, 1.54) is 0 Å². The number of rotatable bonds is 3. The van der Waals surface area contributed by atoms with Gasteiger partial charge in [-0.2, -0.15) is 0 Å². The van der Waals surface area contributed by atoms with Gasteiger partial charge in [0, 0.05) is 5.56 Å². The third-order valence-electron chi connectivity index (χ3n) is 2.39. The first kappa shape index (κ1) is 11.5. The lowest BCUT2D eigenvalue weighted by molar-refractivity contribution is 0.124. The summed E-state index contributed by atoms with van der Waals surface area (Å²) in [5, 5.41) is 3.54. The van der Waals surface area contributed by atoms with E-state index in [-0.39, 0.29) is 5.82 Å². The van der Waals surface area contributed by atoms with Crippen LogP contribution >= 0.6 is 0 Å². The maximum absolute atomic E-state index is 12.3. The Balaban J connectivity index is 2.53. The predicted octanol–water partition coefficient (Wildman–Crippen LogP) is 2.08. The minimum atomic E-state index is -2.63. The summed E-state index contributed by atoms with van der Waals surface area (Å²) in [6.07, 6.45) is -2.63. The van der Waals surface area contributed by atoms with Crippen LogP contribution in [0.2, 0.25) is 0 Å². The van der Waals surface area contributed by atoms with E-state index in [0.29, 0.717) is 5.56 Å². The van der Waals surface area contributed by atoms with E-state index in [1.807, 2.05) is 6.07 Å². The molecule has 0 atom stereocenters. The van der Waals surface area contributed by atoms with Crippen LogP contribution in [-0.4, -0.2) is 16.1 Å². The molecular weight excluding hydrogens is 230 g/mol.